The Bertz CT molecular complexity index is 1010. The van der Waals surface area contributed by atoms with Crippen LogP contribution in [0.25, 0.3) is 0 Å². The summed E-state index contributed by atoms with van der Waals surface area (Å²) in [7, 11) is 0. The van der Waals surface area contributed by atoms with Gasteiger partial charge in [0, 0.05) is 32.9 Å². The molecule has 5 heteroatoms. The zero-order valence-corrected chi connectivity index (χ0v) is 18.4. The zero-order chi connectivity index (χ0) is 20.4. The molecule has 148 valence electrons. The standard InChI is InChI=1S/C24H22INO3/c1-15-21(24(28)29-14-16-7-3-2-4-8-16)22(17-9-5-10-18(25)13-17)23-19(26-15)11-6-12-20(23)27/h2-5,7-10,13,21-22H,6,11-12,14H2,1H3/t21?,22-/m0/s1. The predicted molar refractivity (Wildman–Crippen MR) is 121 cm³/mol. The van der Waals surface area contributed by atoms with Crippen molar-refractivity contribution in [2.45, 2.75) is 38.7 Å². The van der Waals surface area contributed by atoms with E-state index in [1.165, 1.54) is 0 Å². The largest absolute Gasteiger partial charge is 0.460 e. The molecule has 0 N–H and O–H groups in total. The summed E-state index contributed by atoms with van der Waals surface area (Å²) >= 11 is 2.26. The second kappa shape index (κ2) is 8.61. The summed E-state index contributed by atoms with van der Waals surface area (Å²) in [6, 6.07) is 17.6. The molecule has 1 aliphatic heterocycles. The van der Waals surface area contributed by atoms with Crippen LogP contribution in [0.5, 0.6) is 0 Å². The van der Waals surface area contributed by atoms with Gasteiger partial charge >= 0.3 is 5.97 Å². The van der Waals surface area contributed by atoms with E-state index in [4.69, 9.17) is 4.74 Å². The van der Waals surface area contributed by atoms with Gasteiger partial charge in [-0.2, -0.15) is 0 Å². The van der Waals surface area contributed by atoms with Gasteiger partial charge in [0.2, 0.25) is 0 Å². The van der Waals surface area contributed by atoms with Gasteiger partial charge in [-0.05, 0) is 65.6 Å². The van der Waals surface area contributed by atoms with Gasteiger partial charge in [-0.25, -0.2) is 0 Å². The second-order valence-electron chi connectivity index (χ2n) is 7.49. The summed E-state index contributed by atoms with van der Waals surface area (Å²) in [5.74, 6) is -1.15. The van der Waals surface area contributed by atoms with E-state index in [2.05, 4.69) is 27.6 Å². The number of rotatable bonds is 4. The second-order valence-corrected chi connectivity index (χ2v) is 8.74. The maximum absolute atomic E-state index is 13.2. The van der Waals surface area contributed by atoms with Crippen molar-refractivity contribution < 1.29 is 14.3 Å². The van der Waals surface area contributed by atoms with Crippen molar-refractivity contribution in [3.8, 4) is 0 Å². The third kappa shape index (κ3) is 4.20. The molecule has 0 aromatic heterocycles. The van der Waals surface area contributed by atoms with E-state index >= 15 is 0 Å². The SMILES string of the molecule is CC1=NC2=C(C(=O)CCC2)[C@@H](c2cccc(I)c2)C1C(=O)OCc1ccccc1. The molecular formula is C24H22INO3. The highest BCUT2D eigenvalue weighted by atomic mass is 127. The zero-order valence-electron chi connectivity index (χ0n) is 16.2. The summed E-state index contributed by atoms with van der Waals surface area (Å²) in [6.07, 6.45) is 2.11. The fourth-order valence-electron chi connectivity index (χ4n) is 4.19. The van der Waals surface area contributed by atoms with E-state index in [1.54, 1.807) is 0 Å². The number of carbonyl (C=O) groups excluding carboxylic acids is 2. The van der Waals surface area contributed by atoms with Crippen LogP contribution in [0, 0.1) is 9.49 Å². The third-order valence-corrected chi connectivity index (χ3v) is 6.19. The van der Waals surface area contributed by atoms with E-state index < -0.39 is 5.92 Å². The van der Waals surface area contributed by atoms with Gasteiger partial charge in [0.15, 0.2) is 5.78 Å². The molecule has 2 aliphatic rings. The number of hydrogen-bond acceptors (Lipinski definition) is 4. The highest BCUT2D eigenvalue weighted by Gasteiger charge is 2.43. The molecule has 1 unspecified atom stereocenters. The normalized spacial score (nSPS) is 21.4. The first kappa shape index (κ1) is 20.0. The molecule has 2 atom stereocenters. The molecule has 0 radical (unpaired) electrons. The average molecular weight is 499 g/mol. The molecule has 29 heavy (non-hydrogen) atoms. The third-order valence-electron chi connectivity index (χ3n) is 5.52. The van der Waals surface area contributed by atoms with Crippen molar-refractivity contribution in [3.05, 3.63) is 80.6 Å². The summed E-state index contributed by atoms with van der Waals surface area (Å²) in [5, 5.41) is 0. The van der Waals surface area contributed by atoms with Crippen molar-refractivity contribution in [2.24, 2.45) is 10.9 Å². The number of nitrogens with zero attached hydrogens (tertiary/aromatic N) is 1. The van der Waals surface area contributed by atoms with Gasteiger partial charge < -0.3 is 4.74 Å². The minimum Gasteiger partial charge on any atom is -0.460 e. The van der Waals surface area contributed by atoms with Crippen LogP contribution in [0.15, 0.2) is 70.9 Å². The lowest BCUT2D eigenvalue weighted by Crippen LogP contribution is -2.37. The van der Waals surface area contributed by atoms with E-state index in [0.29, 0.717) is 12.0 Å². The van der Waals surface area contributed by atoms with Crippen molar-refractivity contribution in [2.75, 3.05) is 0 Å². The number of hydrogen-bond donors (Lipinski definition) is 0. The monoisotopic (exact) mass is 499 g/mol. The van der Waals surface area contributed by atoms with Crippen LogP contribution >= 0.6 is 22.6 Å². The Balaban J connectivity index is 1.70. The number of Topliss-reactive ketones (excluding diaryl/α,β-unsaturated/α-hetero) is 1. The fourth-order valence-corrected chi connectivity index (χ4v) is 4.76. The molecule has 2 aromatic rings. The van der Waals surface area contributed by atoms with Crippen molar-refractivity contribution in [1.82, 2.24) is 0 Å². The first-order valence-corrected chi connectivity index (χ1v) is 10.9. The van der Waals surface area contributed by atoms with Gasteiger partial charge in [-0.15, -0.1) is 0 Å². The molecule has 4 nitrogen and oxygen atoms in total. The number of allylic oxidation sites excluding steroid dienone is 2. The maximum atomic E-state index is 13.2. The average Bonchev–Trinajstić information content (AvgIpc) is 2.72. The fraction of sp³-hybridized carbons (Fsp3) is 0.292. The smallest absolute Gasteiger partial charge is 0.315 e. The van der Waals surface area contributed by atoms with Gasteiger partial charge in [0.1, 0.15) is 12.5 Å². The van der Waals surface area contributed by atoms with E-state index in [1.807, 2.05) is 61.5 Å². The summed E-state index contributed by atoms with van der Waals surface area (Å²) in [5.41, 5.74) is 4.17. The van der Waals surface area contributed by atoms with E-state index in [9.17, 15) is 9.59 Å². The Morgan fingerprint density at radius 2 is 1.93 bits per heavy atom. The Morgan fingerprint density at radius 1 is 1.14 bits per heavy atom. The number of halogens is 1. The molecule has 2 aromatic carbocycles. The number of ketones is 1. The molecule has 0 saturated heterocycles. The molecular weight excluding hydrogens is 477 g/mol. The van der Waals surface area contributed by atoms with Crippen LogP contribution in [0.3, 0.4) is 0 Å². The number of esters is 1. The minimum absolute atomic E-state index is 0.104. The lowest BCUT2D eigenvalue weighted by Gasteiger charge is -2.34. The highest BCUT2D eigenvalue weighted by molar-refractivity contribution is 14.1. The topological polar surface area (TPSA) is 55.7 Å². The molecule has 4 rings (SSSR count). The van der Waals surface area contributed by atoms with Gasteiger partial charge in [0.05, 0.1) is 0 Å². The van der Waals surface area contributed by atoms with Crippen molar-refractivity contribution in [3.63, 3.8) is 0 Å². The Morgan fingerprint density at radius 3 is 2.69 bits per heavy atom. The molecule has 0 bridgehead atoms. The predicted octanol–water partition coefficient (Wildman–Crippen LogP) is 5.22. The molecule has 0 amide bonds. The lowest BCUT2D eigenvalue weighted by molar-refractivity contribution is -0.148. The van der Waals surface area contributed by atoms with Crippen molar-refractivity contribution in [1.29, 1.82) is 0 Å². The van der Waals surface area contributed by atoms with Crippen molar-refractivity contribution >= 4 is 40.1 Å². The van der Waals surface area contributed by atoms with Crippen LogP contribution in [-0.2, 0) is 20.9 Å². The summed E-state index contributed by atoms with van der Waals surface area (Å²) in [6.45, 7) is 2.08. The molecule has 0 spiro atoms. The molecule has 0 saturated carbocycles. The van der Waals surface area contributed by atoms with E-state index in [0.717, 1.165) is 38.9 Å². The van der Waals surface area contributed by atoms with Gasteiger partial charge in [-0.1, -0.05) is 42.5 Å². The quantitative estimate of drug-likeness (QED) is 0.429. The Hall–Kier alpha value is -2.28. The van der Waals surface area contributed by atoms with Crippen LogP contribution in [-0.4, -0.2) is 17.5 Å². The van der Waals surface area contributed by atoms with Gasteiger partial charge in [0.25, 0.3) is 0 Å². The Kier molecular flexibility index (Phi) is 5.94. The van der Waals surface area contributed by atoms with Crippen LogP contribution in [0.2, 0.25) is 0 Å². The molecule has 1 aliphatic carbocycles. The van der Waals surface area contributed by atoms with Gasteiger partial charge in [-0.3, -0.25) is 14.6 Å². The van der Waals surface area contributed by atoms with E-state index in [-0.39, 0.29) is 24.3 Å². The first-order chi connectivity index (χ1) is 14.0. The highest BCUT2D eigenvalue weighted by Crippen LogP contribution is 2.43. The number of carbonyl (C=O) groups is 2. The lowest BCUT2D eigenvalue weighted by atomic mass is 9.72. The maximum Gasteiger partial charge on any atom is 0.315 e. The summed E-state index contributed by atoms with van der Waals surface area (Å²) in [4.78, 5) is 30.7. The minimum atomic E-state index is -0.585. The number of aliphatic imine (C=N–C) groups is 1. The number of benzene rings is 2. The van der Waals surface area contributed by atoms with Crippen LogP contribution in [0.4, 0.5) is 0 Å². The molecule has 0 fully saturated rings. The van der Waals surface area contributed by atoms with Crippen LogP contribution < -0.4 is 0 Å². The first-order valence-electron chi connectivity index (χ1n) is 9.82. The Labute approximate surface area is 184 Å². The van der Waals surface area contributed by atoms with Crippen LogP contribution in [0.1, 0.15) is 43.2 Å². The molecule has 1 heterocycles. The number of ether oxygens (including phenoxy) is 1. The summed E-state index contributed by atoms with van der Waals surface area (Å²) < 4.78 is 6.75.